The molecule has 4 heteroatoms. The predicted octanol–water partition coefficient (Wildman–Crippen LogP) is 4.00. The van der Waals surface area contributed by atoms with Crippen LogP contribution in [0.2, 0.25) is 0 Å². The number of nitrogens with zero attached hydrogens (tertiary/aromatic N) is 3. The molecule has 0 amide bonds. The van der Waals surface area contributed by atoms with E-state index >= 15 is 0 Å². The molecule has 3 rings (SSSR count). The van der Waals surface area contributed by atoms with E-state index in [-0.39, 0.29) is 0 Å². The zero-order valence-corrected chi connectivity index (χ0v) is 12.5. The van der Waals surface area contributed by atoms with Crippen molar-refractivity contribution in [2.24, 2.45) is 5.92 Å². The molecule has 0 aliphatic carbocycles. The van der Waals surface area contributed by atoms with E-state index in [1.807, 2.05) is 18.2 Å². The molecule has 4 nitrogen and oxygen atoms in total. The molecule has 21 heavy (non-hydrogen) atoms. The molecule has 108 valence electrons. The fourth-order valence-corrected chi connectivity index (χ4v) is 2.36. The topological polar surface area (TPSA) is 54.5 Å². The molecule has 0 aliphatic heterocycles. The van der Waals surface area contributed by atoms with Gasteiger partial charge in [-0.15, -0.1) is 0 Å². The smallest absolute Gasteiger partial charge is 0.159 e. The monoisotopic (exact) mass is 280 g/mol. The third-order valence-corrected chi connectivity index (χ3v) is 3.93. The highest BCUT2D eigenvalue weighted by atomic mass is 14.9. The number of rotatable bonds is 5. The van der Waals surface area contributed by atoms with Crippen LogP contribution >= 0.6 is 0 Å². The van der Waals surface area contributed by atoms with Gasteiger partial charge in [0.1, 0.15) is 5.82 Å². The first-order valence-electron chi connectivity index (χ1n) is 7.52. The second kappa shape index (κ2) is 6.04. The number of hydrogen-bond donors (Lipinski definition) is 1. The van der Waals surface area contributed by atoms with Gasteiger partial charge >= 0.3 is 0 Å². The average molecular weight is 280 g/mol. The van der Waals surface area contributed by atoms with Gasteiger partial charge in [-0.1, -0.05) is 20.3 Å². The lowest BCUT2D eigenvalue weighted by Gasteiger charge is -2.05. The van der Waals surface area contributed by atoms with Crippen LogP contribution in [0.4, 0.5) is 0 Å². The Morgan fingerprint density at radius 3 is 2.76 bits per heavy atom. The fraction of sp³-hybridized carbons (Fsp3) is 0.353. The fourth-order valence-electron chi connectivity index (χ4n) is 2.36. The molecule has 0 spiro atoms. The molecule has 2 aromatic heterocycles. The summed E-state index contributed by atoms with van der Waals surface area (Å²) >= 11 is 0. The number of hydrogen-bond acceptors (Lipinski definition) is 3. The van der Waals surface area contributed by atoms with Crippen molar-refractivity contribution in [3.05, 3.63) is 42.5 Å². The molecule has 0 fully saturated rings. The number of imidazole rings is 1. The van der Waals surface area contributed by atoms with E-state index in [9.17, 15) is 0 Å². The Bertz CT molecular complexity index is 718. The number of benzene rings is 1. The molecule has 1 unspecified atom stereocenters. The highest BCUT2D eigenvalue weighted by molar-refractivity contribution is 5.80. The van der Waals surface area contributed by atoms with Gasteiger partial charge in [-0.05, 0) is 36.6 Å². The lowest BCUT2D eigenvalue weighted by atomic mass is 10.0. The van der Waals surface area contributed by atoms with E-state index in [0.29, 0.717) is 0 Å². The summed E-state index contributed by atoms with van der Waals surface area (Å²) in [6, 6.07) is 7.96. The van der Waals surface area contributed by atoms with Crippen molar-refractivity contribution in [3.8, 4) is 11.4 Å². The standard InChI is InChI=1S/C17H20N4/c1-3-12(2)5-8-16-20-14-7-6-13(11-15(14)21-16)17-18-9-4-10-19-17/h4,6-7,9-12H,3,5,8H2,1-2H3,(H,20,21). The Morgan fingerprint density at radius 2 is 2.00 bits per heavy atom. The van der Waals surface area contributed by atoms with Crippen LogP contribution in [0.15, 0.2) is 36.7 Å². The molecular formula is C17H20N4. The molecule has 0 aliphatic rings. The van der Waals surface area contributed by atoms with Gasteiger partial charge in [0.15, 0.2) is 5.82 Å². The summed E-state index contributed by atoms with van der Waals surface area (Å²) in [5.74, 6) is 2.55. The summed E-state index contributed by atoms with van der Waals surface area (Å²) in [5, 5.41) is 0. The second-order valence-corrected chi connectivity index (χ2v) is 5.54. The maximum Gasteiger partial charge on any atom is 0.159 e. The highest BCUT2D eigenvalue weighted by Crippen LogP contribution is 2.21. The Hall–Kier alpha value is -2.23. The Kier molecular flexibility index (Phi) is 3.95. The number of aromatic nitrogens is 4. The van der Waals surface area contributed by atoms with Gasteiger partial charge < -0.3 is 4.98 Å². The molecule has 2 heterocycles. The summed E-state index contributed by atoms with van der Waals surface area (Å²) in [5.41, 5.74) is 3.08. The molecular weight excluding hydrogens is 260 g/mol. The molecule has 0 saturated heterocycles. The number of aromatic amines is 1. The van der Waals surface area contributed by atoms with Crippen LogP contribution in [0.5, 0.6) is 0 Å². The Morgan fingerprint density at radius 1 is 1.19 bits per heavy atom. The van der Waals surface area contributed by atoms with E-state index in [0.717, 1.165) is 40.6 Å². The summed E-state index contributed by atoms with van der Waals surface area (Å²) in [4.78, 5) is 16.7. The van der Waals surface area contributed by atoms with Crippen molar-refractivity contribution >= 4 is 11.0 Å². The number of fused-ring (bicyclic) bond motifs is 1. The van der Waals surface area contributed by atoms with Crippen molar-refractivity contribution in [1.82, 2.24) is 19.9 Å². The molecule has 1 N–H and O–H groups in total. The number of H-pyrrole nitrogens is 1. The van der Waals surface area contributed by atoms with Gasteiger partial charge in [-0.3, -0.25) is 0 Å². The van der Waals surface area contributed by atoms with Crippen LogP contribution in [-0.2, 0) is 6.42 Å². The largest absolute Gasteiger partial charge is 0.342 e. The van der Waals surface area contributed by atoms with Crippen molar-refractivity contribution in [1.29, 1.82) is 0 Å². The zero-order valence-electron chi connectivity index (χ0n) is 12.5. The normalized spacial score (nSPS) is 12.7. The summed E-state index contributed by atoms with van der Waals surface area (Å²) in [7, 11) is 0. The van der Waals surface area contributed by atoms with Crippen LogP contribution < -0.4 is 0 Å². The Labute approximate surface area is 124 Å². The lowest BCUT2D eigenvalue weighted by molar-refractivity contribution is 0.511. The molecule has 3 aromatic rings. The van der Waals surface area contributed by atoms with Gasteiger partial charge in [0, 0.05) is 24.4 Å². The number of aryl methyl sites for hydroxylation is 1. The first-order valence-corrected chi connectivity index (χ1v) is 7.52. The minimum atomic E-state index is 0.742. The lowest BCUT2D eigenvalue weighted by Crippen LogP contribution is -1.96. The van der Waals surface area contributed by atoms with Gasteiger partial charge in [-0.25, -0.2) is 15.0 Å². The minimum absolute atomic E-state index is 0.742. The SMILES string of the molecule is CCC(C)CCc1nc2ccc(-c3ncccn3)cc2[nH]1. The van der Waals surface area contributed by atoms with Crippen LogP contribution in [0.1, 0.15) is 32.5 Å². The minimum Gasteiger partial charge on any atom is -0.342 e. The first-order chi connectivity index (χ1) is 10.3. The third-order valence-electron chi connectivity index (χ3n) is 3.93. The van der Waals surface area contributed by atoms with Crippen molar-refractivity contribution < 1.29 is 0 Å². The van der Waals surface area contributed by atoms with Crippen LogP contribution in [0.25, 0.3) is 22.4 Å². The summed E-state index contributed by atoms with van der Waals surface area (Å²) < 4.78 is 0. The van der Waals surface area contributed by atoms with E-state index in [4.69, 9.17) is 0 Å². The summed E-state index contributed by atoms with van der Waals surface area (Å²) in [6.07, 6.45) is 6.91. The average Bonchev–Trinajstić information content (AvgIpc) is 2.95. The van der Waals surface area contributed by atoms with Gasteiger partial charge in [0.05, 0.1) is 11.0 Å². The van der Waals surface area contributed by atoms with Gasteiger partial charge in [0.25, 0.3) is 0 Å². The van der Waals surface area contributed by atoms with Crippen molar-refractivity contribution in [2.45, 2.75) is 33.1 Å². The van der Waals surface area contributed by atoms with Crippen LogP contribution in [-0.4, -0.2) is 19.9 Å². The maximum atomic E-state index is 4.66. The van der Waals surface area contributed by atoms with E-state index < -0.39 is 0 Å². The Balaban J connectivity index is 1.85. The third kappa shape index (κ3) is 3.10. The van der Waals surface area contributed by atoms with Crippen molar-refractivity contribution in [3.63, 3.8) is 0 Å². The van der Waals surface area contributed by atoms with E-state index in [1.54, 1.807) is 12.4 Å². The molecule has 0 bridgehead atoms. The zero-order chi connectivity index (χ0) is 14.7. The summed E-state index contributed by atoms with van der Waals surface area (Å²) in [6.45, 7) is 4.52. The van der Waals surface area contributed by atoms with E-state index in [1.165, 1.54) is 12.8 Å². The molecule has 0 radical (unpaired) electrons. The molecule has 0 saturated carbocycles. The van der Waals surface area contributed by atoms with Crippen LogP contribution in [0, 0.1) is 5.92 Å². The maximum absolute atomic E-state index is 4.66. The van der Waals surface area contributed by atoms with Crippen molar-refractivity contribution in [2.75, 3.05) is 0 Å². The van der Waals surface area contributed by atoms with Crippen LogP contribution in [0.3, 0.4) is 0 Å². The van der Waals surface area contributed by atoms with Gasteiger partial charge in [-0.2, -0.15) is 0 Å². The van der Waals surface area contributed by atoms with Gasteiger partial charge in [0.2, 0.25) is 0 Å². The quantitative estimate of drug-likeness (QED) is 0.768. The predicted molar refractivity (Wildman–Crippen MR) is 84.9 cm³/mol. The first kappa shape index (κ1) is 13.7. The molecule has 1 aromatic carbocycles. The van der Waals surface area contributed by atoms with E-state index in [2.05, 4.69) is 39.8 Å². The second-order valence-electron chi connectivity index (χ2n) is 5.54. The highest BCUT2D eigenvalue weighted by Gasteiger charge is 2.07. The molecule has 1 atom stereocenters. The number of nitrogens with one attached hydrogen (secondary N) is 1.